The van der Waals surface area contributed by atoms with Crippen molar-refractivity contribution in [1.29, 1.82) is 0 Å². The van der Waals surface area contributed by atoms with Crippen molar-refractivity contribution in [3.8, 4) is 0 Å². The maximum absolute atomic E-state index is 12.6. The highest BCUT2D eigenvalue weighted by atomic mass is 16.5. The van der Waals surface area contributed by atoms with E-state index in [2.05, 4.69) is 5.10 Å². The van der Waals surface area contributed by atoms with E-state index in [4.69, 9.17) is 4.74 Å². The molecule has 2 saturated heterocycles. The van der Waals surface area contributed by atoms with Gasteiger partial charge in [0, 0.05) is 38.2 Å². The molecule has 4 rings (SSSR count). The van der Waals surface area contributed by atoms with Crippen molar-refractivity contribution in [3.63, 3.8) is 0 Å². The quantitative estimate of drug-likeness (QED) is 0.812. The standard InChI is InChI=1S/C17H20N4O5/c22-14(4-7-21-16(25)20-6-2-1-3-13(20)18-21)19-9-12-10-26-8-5-17(12,11-19)15(23)24/h1-3,6,12H,4-5,7-11H2,(H,23,24)/t12-,17+/m0/s1. The average Bonchev–Trinajstić information content (AvgIpc) is 3.19. The second-order valence-electron chi connectivity index (χ2n) is 6.94. The van der Waals surface area contributed by atoms with Gasteiger partial charge in [-0.1, -0.05) is 6.07 Å². The van der Waals surface area contributed by atoms with Gasteiger partial charge in [0.2, 0.25) is 5.91 Å². The lowest BCUT2D eigenvalue weighted by atomic mass is 9.74. The van der Waals surface area contributed by atoms with E-state index in [1.54, 1.807) is 29.3 Å². The molecule has 2 fully saturated rings. The van der Waals surface area contributed by atoms with Crippen LogP contribution in [0.2, 0.25) is 0 Å². The fourth-order valence-corrected chi connectivity index (χ4v) is 3.96. The minimum atomic E-state index is -0.909. The molecule has 26 heavy (non-hydrogen) atoms. The lowest BCUT2D eigenvalue weighted by Crippen LogP contribution is -2.45. The summed E-state index contributed by atoms with van der Waals surface area (Å²) >= 11 is 0. The molecule has 9 nitrogen and oxygen atoms in total. The van der Waals surface area contributed by atoms with E-state index in [9.17, 15) is 19.5 Å². The molecule has 0 saturated carbocycles. The Morgan fingerprint density at radius 3 is 2.96 bits per heavy atom. The molecule has 0 spiro atoms. The van der Waals surface area contributed by atoms with Crippen LogP contribution < -0.4 is 5.69 Å². The summed E-state index contributed by atoms with van der Waals surface area (Å²) < 4.78 is 8.10. The number of carboxylic acid groups (broad SMARTS) is 1. The van der Waals surface area contributed by atoms with Gasteiger partial charge in [-0.25, -0.2) is 9.48 Å². The first-order valence-electron chi connectivity index (χ1n) is 8.64. The molecule has 0 bridgehead atoms. The Morgan fingerprint density at radius 1 is 1.38 bits per heavy atom. The highest BCUT2D eigenvalue weighted by molar-refractivity contribution is 5.81. The topological polar surface area (TPSA) is 106 Å². The fraction of sp³-hybridized carbons (Fsp3) is 0.529. The third-order valence-corrected chi connectivity index (χ3v) is 5.51. The van der Waals surface area contributed by atoms with Crippen LogP contribution in [0.1, 0.15) is 12.8 Å². The summed E-state index contributed by atoms with van der Waals surface area (Å²) in [6.45, 7) is 1.51. The molecule has 9 heteroatoms. The van der Waals surface area contributed by atoms with Crippen LogP contribution in [-0.4, -0.2) is 62.4 Å². The molecule has 0 unspecified atom stereocenters. The van der Waals surface area contributed by atoms with E-state index in [1.807, 2.05) is 0 Å². The van der Waals surface area contributed by atoms with Gasteiger partial charge in [0.25, 0.3) is 0 Å². The minimum absolute atomic E-state index is 0.104. The van der Waals surface area contributed by atoms with E-state index in [0.29, 0.717) is 31.8 Å². The largest absolute Gasteiger partial charge is 0.481 e. The van der Waals surface area contributed by atoms with Crippen molar-refractivity contribution in [2.24, 2.45) is 11.3 Å². The Kier molecular flexibility index (Phi) is 4.03. The van der Waals surface area contributed by atoms with Crippen LogP contribution in [-0.2, 0) is 20.9 Å². The number of aryl methyl sites for hydroxylation is 1. The van der Waals surface area contributed by atoms with Gasteiger partial charge in [0.05, 0.1) is 18.6 Å². The summed E-state index contributed by atoms with van der Waals surface area (Å²) in [6, 6.07) is 5.25. The zero-order valence-corrected chi connectivity index (χ0v) is 14.2. The maximum Gasteiger partial charge on any atom is 0.350 e. The van der Waals surface area contributed by atoms with Gasteiger partial charge in [-0.15, -0.1) is 5.10 Å². The number of carbonyl (C=O) groups excluding carboxylic acids is 1. The van der Waals surface area contributed by atoms with E-state index >= 15 is 0 Å². The van der Waals surface area contributed by atoms with Crippen LogP contribution in [0.25, 0.3) is 5.65 Å². The third kappa shape index (κ3) is 2.59. The molecule has 0 aliphatic carbocycles. The zero-order valence-electron chi connectivity index (χ0n) is 14.2. The highest BCUT2D eigenvalue weighted by Gasteiger charge is 2.54. The van der Waals surface area contributed by atoms with Gasteiger partial charge >= 0.3 is 11.7 Å². The van der Waals surface area contributed by atoms with Gasteiger partial charge in [-0.05, 0) is 18.6 Å². The van der Waals surface area contributed by atoms with Crippen LogP contribution in [0.15, 0.2) is 29.2 Å². The van der Waals surface area contributed by atoms with E-state index in [1.165, 1.54) is 9.08 Å². The predicted octanol–water partition coefficient (Wildman–Crippen LogP) is -0.164. The average molecular weight is 360 g/mol. The van der Waals surface area contributed by atoms with Crippen molar-refractivity contribution in [3.05, 3.63) is 34.9 Å². The number of amides is 1. The number of rotatable bonds is 4. The first-order valence-corrected chi connectivity index (χ1v) is 8.64. The minimum Gasteiger partial charge on any atom is -0.481 e. The molecule has 2 aromatic heterocycles. The van der Waals surface area contributed by atoms with E-state index < -0.39 is 11.4 Å². The van der Waals surface area contributed by atoms with Gasteiger partial charge in [0.15, 0.2) is 5.65 Å². The zero-order chi connectivity index (χ0) is 18.3. The van der Waals surface area contributed by atoms with Gasteiger partial charge < -0.3 is 14.7 Å². The Labute approximate surface area is 148 Å². The number of aliphatic carboxylic acids is 1. The first kappa shape index (κ1) is 16.8. The van der Waals surface area contributed by atoms with Crippen molar-refractivity contribution < 1.29 is 19.4 Å². The van der Waals surface area contributed by atoms with Gasteiger partial charge in [-0.2, -0.15) is 0 Å². The summed E-state index contributed by atoms with van der Waals surface area (Å²) in [5.74, 6) is -1.21. The summed E-state index contributed by atoms with van der Waals surface area (Å²) in [5, 5.41) is 13.9. The Morgan fingerprint density at radius 2 is 2.23 bits per heavy atom. The summed E-state index contributed by atoms with van der Waals surface area (Å²) in [7, 11) is 0. The number of fused-ring (bicyclic) bond motifs is 2. The number of hydrogen-bond acceptors (Lipinski definition) is 5. The van der Waals surface area contributed by atoms with Gasteiger partial charge in [0.1, 0.15) is 0 Å². The summed E-state index contributed by atoms with van der Waals surface area (Å²) in [5.41, 5.74) is -0.675. The fourth-order valence-electron chi connectivity index (χ4n) is 3.96. The molecular formula is C17H20N4O5. The maximum atomic E-state index is 12.6. The number of carboxylic acids is 1. The van der Waals surface area contributed by atoms with Crippen LogP contribution in [0, 0.1) is 11.3 Å². The normalized spacial score (nSPS) is 25.4. The van der Waals surface area contributed by atoms with Crippen LogP contribution in [0.3, 0.4) is 0 Å². The van der Waals surface area contributed by atoms with Crippen LogP contribution in [0.4, 0.5) is 0 Å². The number of ether oxygens (including phenoxy) is 1. The molecule has 2 aromatic rings. The Bertz CT molecular complexity index is 919. The number of likely N-dealkylation sites (tertiary alicyclic amines) is 1. The Hall–Kier alpha value is -2.68. The number of carbonyl (C=O) groups is 2. The lowest BCUT2D eigenvalue weighted by molar-refractivity contribution is -0.157. The molecule has 2 atom stereocenters. The smallest absolute Gasteiger partial charge is 0.350 e. The van der Waals surface area contributed by atoms with E-state index in [0.717, 1.165) is 0 Å². The van der Waals surface area contributed by atoms with Gasteiger partial charge in [-0.3, -0.25) is 14.0 Å². The predicted molar refractivity (Wildman–Crippen MR) is 89.6 cm³/mol. The Balaban J connectivity index is 1.46. The van der Waals surface area contributed by atoms with Crippen LogP contribution >= 0.6 is 0 Å². The summed E-state index contributed by atoms with van der Waals surface area (Å²) in [6.07, 6.45) is 2.15. The molecule has 0 aromatic carbocycles. The van der Waals surface area contributed by atoms with Crippen molar-refractivity contribution in [2.45, 2.75) is 19.4 Å². The number of nitrogens with zero attached hydrogens (tertiary/aromatic N) is 4. The summed E-state index contributed by atoms with van der Waals surface area (Å²) in [4.78, 5) is 38.2. The molecule has 0 radical (unpaired) electrons. The number of hydrogen-bond donors (Lipinski definition) is 1. The SMILES string of the molecule is O=C(CCn1nc2ccccn2c1=O)N1C[C@H]2COCC[C@@]2(C(=O)O)C1. The molecule has 2 aliphatic rings. The molecule has 138 valence electrons. The molecule has 1 amide bonds. The molecule has 1 N–H and O–H groups in total. The first-order chi connectivity index (χ1) is 12.5. The monoisotopic (exact) mass is 360 g/mol. The van der Waals surface area contributed by atoms with Crippen LogP contribution in [0.5, 0.6) is 0 Å². The lowest BCUT2D eigenvalue weighted by Gasteiger charge is -2.33. The third-order valence-electron chi connectivity index (χ3n) is 5.51. The second kappa shape index (κ2) is 6.24. The van der Waals surface area contributed by atoms with Crippen molar-refractivity contribution in [2.75, 3.05) is 26.3 Å². The molecule has 4 heterocycles. The second-order valence-corrected chi connectivity index (χ2v) is 6.94. The van der Waals surface area contributed by atoms with Crippen molar-refractivity contribution in [1.82, 2.24) is 19.1 Å². The number of aromatic nitrogens is 3. The van der Waals surface area contributed by atoms with E-state index in [-0.39, 0.29) is 37.0 Å². The molecule has 2 aliphatic heterocycles. The number of pyridine rings is 1. The van der Waals surface area contributed by atoms with Crippen molar-refractivity contribution >= 4 is 17.5 Å². The molecular weight excluding hydrogens is 340 g/mol. The highest BCUT2D eigenvalue weighted by Crippen LogP contribution is 2.42.